The molecule has 50 heavy (non-hydrogen) atoms. The molecule has 2 saturated heterocycles. The van der Waals surface area contributed by atoms with E-state index in [4.69, 9.17) is 34.8 Å². The van der Waals surface area contributed by atoms with Crippen molar-refractivity contribution in [3.63, 3.8) is 0 Å². The number of nitrogens with zero attached hydrogens (tertiary/aromatic N) is 3. The van der Waals surface area contributed by atoms with E-state index in [1.54, 1.807) is 19.2 Å². The number of imide groups is 1. The number of likely N-dealkylation sites (N-methyl/N-ethyl adjacent to an activating group) is 1. The maximum absolute atomic E-state index is 14.3. The van der Waals surface area contributed by atoms with Gasteiger partial charge in [-0.05, 0) is 54.8 Å². The summed E-state index contributed by atoms with van der Waals surface area (Å²) in [6.07, 6.45) is 7.44. The average Bonchev–Trinajstić information content (AvgIpc) is 3.65. The van der Waals surface area contributed by atoms with Gasteiger partial charge in [0.25, 0.3) is 16.6 Å². The zero-order chi connectivity index (χ0) is 37.4. The van der Waals surface area contributed by atoms with E-state index in [1.807, 2.05) is 25.2 Å². The SMILES string of the molecule is CC1CC2OC2\C=C/C=C/C(=N\OCCN2C(=O)CN(C)C2=O)Cc2c(Cl)c(O[Si](C)(C)C(C)(C)C)cc(O[Si](C)(C)C(C)(C)C)c2C(=O)O1. The molecule has 3 heterocycles. The first-order valence-electron chi connectivity index (χ1n) is 17.2. The molecule has 0 saturated carbocycles. The predicted molar refractivity (Wildman–Crippen MR) is 200 cm³/mol. The molecule has 1 aromatic carbocycles. The van der Waals surface area contributed by atoms with Crippen molar-refractivity contribution in [2.75, 3.05) is 26.7 Å². The van der Waals surface area contributed by atoms with E-state index in [-0.39, 0.29) is 70.9 Å². The highest BCUT2D eigenvalue weighted by molar-refractivity contribution is 6.75. The lowest BCUT2D eigenvalue weighted by atomic mass is 9.99. The van der Waals surface area contributed by atoms with Crippen LogP contribution in [-0.2, 0) is 25.5 Å². The maximum Gasteiger partial charge on any atom is 0.342 e. The van der Waals surface area contributed by atoms with Crippen LogP contribution in [-0.4, -0.2) is 95.1 Å². The van der Waals surface area contributed by atoms with Gasteiger partial charge in [-0.1, -0.05) is 76.5 Å². The molecule has 2 fully saturated rings. The lowest BCUT2D eigenvalue weighted by Gasteiger charge is -2.39. The lowest BCUT2D eigenvalue weighted by Crippen LogP contribution is -2.45. The normalized spacial score (nSPS) is 24.3. The first-order valence-corrected chi connectivity index (χ1v) is 23.4. The fourth-order valence-electron chi connectivity index (χ4n) is 4.99. The number of hydrogen-bond donors (Lipinski definition) is 0. The zero-order valence-electron chi connectivity index (χ0n) is 31.6. The van der Waals surface area contributed by atoms with E-state index in [2.05, 4.69) is 72.9 Å². The molecule has 3 amide bonds. The molecule has 3 aliphatic heterocycles. The van der Waals surface area contributed by atoms with Gasteiger partial charge in [0, 0.05) is 26.0 Å². The molecule has 0 aliphatic carbocycles. The van der Waals surface area contributed by atoms with Gasteiger partial charge in [-0.2, -0.15) is 0 Å². The third kappa shape index (κ3) is 9.20. The molecule has 4 rings (SSSR count). The predicted octanol–water partition coefficient (Wildman–Crippen LogP) is 7.75. The number of cyclic esters (lactones) is 1. The Kier molecular flexibility index (Phi) is 11.8. The van der Waals surface area contributed by atoms with Crippen molar-refractivity contribution >= 4 is 51.9 Å². The molecule has 3 atom stereocenters. The van der Waals surface area contributed by atoms with Gasteiger partial charge in [-0.15, -0.1) is 0 Å². The summed E-state index contributed by atoms with van der Waals surface area (Å²) in [5, 5.41) is 4.36. The average molecular weight is 748 g/mol. The van der Waals surface area contributed by atoms with Gasteiger partial charge >= 0.3 is 12.0 Å². The lowest BCUT2D eigenvalue weighted by molar-refractivity contribution is -0.125. The van der Waals surface area contributed by atoms with E-state index in [9.17, 15) is 14.4 Å². The number of epoxide rings is 1. The molecule has 3 unspecified atom stereocenters. The van der Waals surface area contributed by atoms with Crippen LogP contribution in [0.5, 0.6) is 11.5 Å². The van der Waals surface area contributed by atoms with E-state index in [1.165, 1.54) is 4.90 Å². The number of halogens is 1. The van der Waals surface area contributed by atoms with Crippen LogP contribution >= 0.6 is 11.6 Å². The molecule has 14 heteroatoms. The number of benzene rings is 1. The summed E-state index contributed by atoms with van der Waals surface area (Å²) in [5.41, 5.74) is 1.09. The quantitative estimate of drug-likeness (QED) is 0.0662. The number of ether oxygens (including phenoxy) is 2. The number of carbonyl (C=O) groups excluding carboxylic acids is 3. The van der Waals surface area contributed by atoms with Gasteiger partial charge in [-0.25, -0.2) is 9.59 Å². The number of rotatable bonds is 8. The highest BCUT2D eigenvalue weighted by Crippen LogP contribution is 2.46. The summed E-state index contributed by atoms with van der Waals surface area (Å²) in [4.78, 5) is 47.1. The van der Waals surface area contributed by atoms with Crippen molar-refractivity contribution in [2.24, 2.45) is 5.16 Å². The zero-order valence-corrected chi connectivity index (χ0v) is 34.4. The summed E-state index contributed by atoms with van der Waals surface area (Å²) < 4.78 is 25.6. The Labute approximate surface area is 304 Å². The molecule has 3 aliphatic rings. The molecule has 11 nitrogen and oxygen atoms in total. The fourth-order valence-corrected chi connectivity index (χ4v) is 7.34. The van der Waals surface area contributed by atoms with Crippen LogP contribution in [0.2, 0.25) is 41.3 Å². The van der Waals surface area contributed by atoms with Crippen molar-refractivity contribution in [1.82, 2.24) is 9.80 Å². The Morgan fingerprint density at radius 1 is 0.980 bits per heavy atom. The van der Waals surface area contributed by atoms with Crippen LogP contribution in [0.1, 0.15) is 70.8 Å². The van der Waals surface area contributed by atoms with Crippen molar-refractivity contribution < 1.29 is 37.5 Å². The van der Waals surface area contributed by atoms with Gasteiger partial charge in [-0.3, -0.25) is 9.69 Å². The van der Waals surface area contributed by atoms with Crippen molar-refractivity contribution in [2.45, 2.75) is 116 Å². The first-order chi connectivity index (χ1) is 23.0. The van der Waals surface area contributed by atoms with Crippen LogP contribution in [0.25, 0.3) is 0 Å². The van der Waals surface area contributed by atoms with Crippen molar-refractivity contribution in [1.29, 1.82) is 0 Å². The number of fused-ring (bicyclic) bond motifs is 2. The molecule has 0 N–H and O–H groups in total. The van der Waals surface area contributed by atoms with Gasteiger partial charge in [0.15, 0.2) is 0 Å². The highest BCUT2D eigenvalue weighted by Gasteiger charge is 2.44. The largest absolute Gasteiger partial charge is 0.543 e. The van der Waals surface area contributed by atoms with Crippen LogP contribution in [0.3, 0.4) is 0 Å². The minimum atomic E-state index is -2.50. The second-order valence-electron chi connectivity index (χ2n) is 16.4. The van der Waals surface area contributed by atoms with Crippen molar-refractivity contribution in [3.05, 3.63) is 46.5 Å². The van der Waals surface area contributed by atoms with Gasteiger partial charge in [0.05, 0.1) is 23.4 Å². The summed E-state index contributed by atoms with van der Waals surface area (Å²) in [7, 11) is -3.34. The number of allylic oxidation sites excluding steroid dienone is 3. The van der Waals surface area contributed by atoms with Crippen molar-refractivity contribution in [3.8, 4) is 11.5 Å². The molecule has 0 aromatic heterocycles. The number of oxime groups is 1. The second-order valence-corrected chi connectivity index (χ2v) is 26.2. The van der Waals surface area contributed by atoms with Crippen LogP contribution in [0.15, 0.2) is 35.5 Å². The number of amides is 3. The summed E-state index contributed by atoms with van der Waals surface area (Å²) in [6.45, 7) is 23.2. The minimum absolute atomic E-state index is 0.0233. The van der Waals surface area contributed by atoms with E-state index >= 15 is 0 Å². The number of esters is 1. The molecular weight excluding hydrogens is 694 g/mol. The monoisotopic (exact) mass is 747 g/mol. The van der Waals surface area contributed by atoms with Crippen LogP contribution in [0.4, 0.5) is 4.79 Å². The Morgan fingerprint density at radius 3 is 2.18 bits per heavy atom. The summed E-state index contributed by atoms with van der Waals surface area (Å²) in [6, 6.07) is 1.37. The topological polar surface area (TPSA) is 120 Å². The Balaban J connectivity index is 1.85. The maximum atomic E-state index is 14.3. The molecule has 0 spiro atoms. The first kappa shape index (κ1) is 39.6. The highest BCUT2D eigenvalue weighted by atomic mass is 35.5. The van der Waals surface area contributed by atoms with Crippen LogP contribution < -0.4 is 8.85 Å². The molecule has 276 valence electrons. The Hall–Kier alpha value is -3.14. The van der Waals surface area contributed by atoms with Gasteiger partial charge in [0.1, 0.15) is 42.4 Å². The molecule has 0 bridgehead atoms. The Bertz CT molecular complexity index is 1580. The third-order valence-electron chi connectivity index (χ3n) is 10.2. The van der Waals surface area contributed by atoms with E-state index < -0.39 is 28.7 Å². The Morgan fingerprint density at radius 2 is 1.60 bits per heavy atom. The van der Waals surface area contributed by atoms with Crippen LogP contribution in [0, 0.1) is 0 Å². The van der Waals surface area contributed by atoms with E-state index in [0.29, 0.717) is 29.2 Å². The number of hydrogen-bond acceptors (Lipinski definition) is 9. The number of carbonyl (C=O) groups is 3. The molecule has 0 radical (unpaired) electrons. The second kappa shape index (κ2) is 14.8. The molecule has 1 aromatic rings. The minimum Gasteiger partial charge on any atom is -0.543 e. The summed E-state index contributed by atoms with van der Waals surface area (Å²) in [5.74, 6) is -0.0735. The standard InChI is InChI=1S/C36H54ClN3O8Si2/c1-23-19-27-26(46-27)16-14-13-15-24(38-44-18-17-40-30(41)22-39(8)34(40)43)20-25-31(33(42)45-23)28(47-49(9,10)35(2,3)4)21-29(32(25)37)48-50(11,12)36(5,6)7/h13-16,21,23,26-27H,17-20,22H2,1-12H3/b15-13+,16-14-,38-24+. The van der Waals surface area contributed by atoms with E-state index in [0.717, 1.165) is 4.90 Å². The van der Waals surface area contributed by atoms with Gasteiger partial charge < -0.3 is 28.1 Å². The molecular formula is C36H54ClN3O8Si2. The third-order valence-corrected chi connectivity index (χ3v) is 19.3. The number of urea groups is 1. The van der Waals surface area contributed by atoms with Gasteiger partial charge in [0.2, 0.25) is 5.91 Å². The fraction of sp³-hybridized carbons (Fsp3) is 0.611. The summed E-state index contributed by atoms with van der Waals surface area (Å²) >= 11 is 7.26. The smallest absolute Gasteiger partial charge is 0.342 e.